The number of hydrogen-bond donors (Lipinski definition) is 1. The Morgan fingerprint density at radius 2 is 1.52 bits per heavy atom. The Kier molecular flexibility index (Phi) is 3.48. The van der Waals surface area contributed by atoms with E-state index in [1.54, 1.807) is 39.8 Å². The van der Waals surface area contributed by atoms with Crippen LogP contribution in [0.15, 0.2) is 17.3 Å². The third-order valence-corrected chi connectivity index (χ3v) is 4.15. The summed E-state index contributed by atoms with van der Waals surface area (Å²) in [5.74, 6) is 0.214. The Morgan fingerprint density at radius 1 is 0.913 bits per heavy atom. The lowest BCUT2D eigenvalue weighted by molar-refractivity contribution is 0.591. The van der Waals surface area contributed by atoms with Crippen LogP contribution >= 0.6 is 0 Å². The molecule has 1 N–H and O–H groups in total. The number of fused-ring (bicyclic) bond motifs is 1. The second kappa shape index (κ2) is 5.23. The van der Waals surface area contributed by atoms with Crippen LogP contribution in [0.25, 0.3) is 5.78 Å². The fourth-order valence-corrected chi connectivity index (χ4v) is 3.01. The number of rotatable bonds is 3. The zero-order valence-corrected chi connectivity index (χ0v) is 13.9. The van der Waals surface area contributed by atoms with Crippen molar-refractivity contribution in [2.75, 3.05) is 4.72 Å². The molecule has 0 unspecified atom stereocenters. The lowest BCUT2D eigenvalue weighted by atomic mass is 10.4. The van der Waals surface area contributed by atoms with Gasteiger partial charge >= 0.3 is 10.0 Å². The first-order valence-electron chi connectivity index (χ1n) is 6.81. The molecule has 0 aliphatic rings. The molecule has 10 heteroatoms. The molecule has 0 aromatic carbocycles. The van der Waals surface area contributed by atoms with Crippen LogP contribution in [0.1, 0.15) is 22.8 Å². The molecular formula is C13H15N7O2S. The van der Waals surface area contributed by atoms with Gasteiger partial charge in [0.25, 0.3) is 10.9 Å². The van der Waals surface area contributed by atoms with Crippen molar-refractivity contribution in [3.05, 3.63) is 34.9 Å². The van der Waals surface area contributed by atoms with E-state index < -0.39 is 10.0 Å². The summed E-state index contributed by atoms with van der Waals surface area (Å²) in [6, 6.07) is 3.54. The molecule has 3 aromatic heterocycles. The number of aryl methyl sites for hydroxylation is 4. The first kappa shape index (κ1) is 15.3. The predicted octanol–water partition coefficient (Wildman–Crippen LogP) is 0.949. The number of sulfonamides is 1. The van der Waals surface area contributed by atoms with E-state index in [9.17, 15) is 8.42 Å². The molecule has 0 radical (unpaired) electrons. The van der Waals surface area contributed by atoms with Gasteiger partial charge < -0.3 is 0 Å². The quantitative estimate of drug-likeness (QED) is 0.758. The number of hydrogen-bond acceptors (Lipinski definition) is 7. The highest BCUT2D eigenvalue weighted by atomic mass is 32.2. The summed E-state index contributed by atoms with van der Waals surface area (Å²) in [6.07, 6.45) is 0. The van der Waals surface area contributed by atoms with Crippen LogP contribution in [-0.2, 0) is 10.0 Å². The maximum absolute atomic E-state index is 12.4. The van der Waals surface area contributed by atoms with Gasteiger partial charge in [-0.15, -0.1) is 5.10 Å². The van der Waals surface area contributed by atoms with Crippen LogP contribution < -0.4 is 4.72 Å². The number of anilines is 1. The van der Waals surface area contributed by atoms with E-state index in [1.165, 1.54) is 4.52 Å². The van der Waals surface area contributed by atoms with Gasteiger partial charge in [0.1, 0.15) is 0 Å². The van der Waals surface area contributed by atoms with Crippen LogP contribution in [0.5, 0.6) is 0 Å². The molecule has 0 aliphatic carbocycles. The van der Waals surface area contributed by atoms with E-state index in [1.807, 2.05) is 0 Å². The Morgan fingerprint density at radius 3 is 2.17 bits per heavy atom. The molecule has 0 aliphatic heterocycles. The first-order valence-corrected chi connectivity index (χ1v) is 8.29. The van der Waals surface area contributed by atoms with E-state index in [0.29, 0.717) is 11.4 Å². The minimum Gasteiger partial charge on any atom is -0.244 e. The second-order valence-corrected chi connectivity index (χ2v) is 6.80. The smallest absolute Gasteiger partial charge is 0.244 e. The molecule has 23 heavy (non-hydrogen) atoms. The van der Waals surface area contributed by atoms with Gasteiger partial charge in [0.2, 0.25) is 5.95 Å². The minimum absolute atomic E-state index is 0.0118. The van der Waals surface area contributed by atoms with Crippen LogP contribution in [-0.4, -0.2) is 38.0 Å². The highest BCUT2D eigenvalue weighted by Crippen LogP contribution is 2.13. The zero-order valence-electron chi connectivity index (χ0n) is 13.1. The molecule has 3 heterocycles. The van der Waals surface area contributed by atoms with Crippen molar-refractivity contribution in [1.29, 1.82) is 0 Å². The maximum Gasteiger partial charge on any atom is 0.301 e. The molecule has 0 atom stereocenters. The number of nitrogens with zero attached hydrogens (tertiary/aromatic N) is 6. The van der Waals surface area contributed by atoms with Crippen LogP contribution in [0.2, 0.25) is 0 Å². The van der Waals surface area contributed by atoms with Crippen molar-refractivity contribution < 1.29 is 8.42 Å². The molecule has 3 aromatic rings. The van der Waals surface area contributed by atoms with Crippen molar-refractivity contribution in [3.63, 3.8) is 0 Å². The van der Waals surface area contributed by atoms with Crippen LogP contribution in [0.4, 0.5) is 5.95 Å². The van der Waals surface area contributed by atoms with Crippen molar-refractivity contribution in [3.8, 4) is 0 Å². The molecule has 0 amide bonds. The molecule has 0 saturated carbocycles. The third-order valence-electron chi connectivity index (χ3n) is 3.05. The molecule has 0 bridgehead atoms. The van der Waals surface area contributed by atoms with Crippen molar-refractivity contribution in [2.24, 2.45) is 0 Å². The standard InChI is InChI=1S/C13H15N7O2S/c1-7-5-8(2)15-11(14-7)19-23(21,22)13-17-12-16-9(3)6-10(4)20(12)18-13/h5-6H,1-4H3,(H,14,15,19). The highest BCUT2D eigenvalue weighted by molar-refractivity contribution is 7.92. The van der Waals surface area contributed by atoms with E-state index in [4.69, 9.17) is 0 Å². The molecule has 120 valence electrons. The number of nitrogens with one attached hydrogen (secondary N) is 1. The molecule has 0 saturated heterocycles. The predicted molar refractivity (Wildman–Crippen MR) is 82.6 cm³/mol. The van der Waals surface area contributed by atoms with Gasteiger partial charge in [-0.05, 0) is 39.8 Å². The molecule has 0 fully saturated rings. The largest absolute Gasteiger partial charge is 0.301 e. The monoisotopic (exact) mass is 333 g/mol. The van der Waals surface area contributed by atoms with Gasteiger partial charge in [0.15, 0.2) is 0 Å². The maximum atomic E-state index is 12.4. The summed E-state index contributed by atoms with van der Waals surface area (Å²) < 4.78 is 28.5. The summed E-state index contributed by atoms with van der Waals surface area (Å²) in [4.78, 5) is 16.3. The fraction of sp³-hybridized carbons (Fsp3) is 0.308. The second-order valence-electron chi connectivity index (χ2n) is 5.22. The Labute approximate surface area is 132 Å². The van der Waals surface area contributed by atoms with Gasteiger partial charge in [0.05, 0.1) is 0 Å². The highest BCUT2D eigenvalue weighted by Gasteiger charge is 2.23. The summed E-state index contributed by atoms with van der Waals surface area (Å²) >= 11 is 0. The normalized spacial score (nSPS) is 11.8. The van der Waals surface area contributed by atoms with E-state index in [-0.39, 0.29) is 16.9 Å². The first-order chi connectivity index (χ1) is 10.7. The fourth-order valence-electron chi connectivity index (χ4n) is 2.20. The van der Waals surface area contributed by atoms with E-state index in [2.05, 4.69) is 29.8 Å². The molecule has 3 rings (SSSR count). The average Bonchev–Trinajstić information content (AvgIpc) is 2.81. The lowest BCUT2D eigenvalue weighted by Gasteiger charge is -2.04. The van der Waals surface area contributed by atoms with Crippen molar-refractivity contribution in [1.82, 2.24) is 29.5 Å². The summed E-state index contributed by atoms with van der Waals surface area (Å²) in [5, 5.41) is 3.63. The Bertz CT molecular complexity index is 990. The Hall–Kier alpha value is -2.62. The average molecular weight is 333 g/mol. The lowest BCUT2D eigenvalue weighted by Crippen LogP contribution is -2.17. The van der Waals surface area contributed by atoms with Crippen LogP contribution in [0.3, 0.4) is 0 Å². The van der Waals surface area contributed by atoms with Gasteiger partial charge in [-0.3, -0.25) is 0 Å². The van der Waals surface area contributed by atoms with E-state index >= 15 is 0 Å². The Balaban J connectivity index is 2.04. The van der Waals surface area contributed by atoms with Gasteiger partial charge in [-0.1, -0.05) is 0 Å². The van der Waals surface area contributed by atoms with Gasteiger partial charge in [-0.25, -0.2) is 24.2 Å². The van der Waals surface area contributed by atoms with Gasteiger partial charge in [-0.2, -0.15) is 13.4 Å². The third kappa shape index (κ3) is 2.97. The molecule has 0 spiro atoms. The van der Waals surface area contributed by atoms with Gasteiger partial charge in [0, 0.05) is 22.8 Å². The van der Waals surface area contributed by atoms with Crippen LogP contribution in [0, 0.1) is 27.7 Å². The summed E-state index contributed by atoms with van der Waals surface area (Å²) in [6.45, 7) is 7.11. The topological polar surface area (TPSA) is 115 Å². The van der Waals surface area contributed by atoms with Crippen molar-refractivity contribution in [2.45, 2.75) is 32.9 Å². The SMILES string of the molecule is Cc1cc(C)nc(NS(=O)(=O)c2nc3nc(C)cc(C)n3n2)n1. The van der Waals surface area contributed by atoms with E-state index in [0.717, 1.165) is 11.4 Å². The summed E-state index contributed by atoms with van der Waals surface area (Å²) in [7, 11) is -4.00. The number of aromatic nitrogens is 6. The van der Waals surface area contributed by atoms with Crippen molar-refractivity contribution >= 4 is 21.7 Å². The molecule has 9 nitrogen and oxygen atoms in total. The minimum atomic E-state index is -4.00. The zero-order chi connectivity index (χ0) is 16.8. The molecular weight excluding hydrogens is 318 g/mol. The summed E-state index contributed by atoms with van der Waals surface area (Å²) in [5.41, 5.74) is 2.79.